The fourth-order valence-corrected chi connectivity index (χ4v) is 1.71. The number of aryl methyl sites for hydroxylation is 1. The molecule has 0 aliphatic heterocycles. The molecule has 20 heavy (non-hydrogen) atoms. The first-order chi connectivity index (χ1) is 9.51. The lowest BCUT2D eigenvalue weighted by molar-refractivity contribution is -0.116. The Balaban J connectivity index is 0.00000172. The predicted octanol–water partition coefficient (Wildman–Crippen LogP) is 3.36. The van der Waals surface area contributed by atoms with Crippen LogP contribution in [0.4, 0.5) is 4.39 Å². The second-order valence-electron chi connectivity index (χ2n) is 4.48. The molecule has 0 bridgehead atoms. The van der Waals surface area contributed by atoms with Gasteiger partial charge < -0.3 is 14.8 Å². The third-order valence-corrected chi connectivity index (χ3v) is 2.53. The van der Waals surface area contributed by atoms with Gasteiger partial charge in [-0.15, -0.1) is 0 Å². The van der Waals surface area contributed by atoms with Gasteiger partial charge in [-0.05, 0) is 45.0 Å². The van der Waals surface area contributed by atoms with Crippen molar-refractivity contribution in [2.45, 2.75) is 46.6 Å². The lowest BCUT2D eigenvalue weighted by Gasteiger charge is -2.15. The highest BCUT2D eigenvalue weighted by Gasteiger charge is 2.07. The monoisotopic (exact) mass is 283 g/mol. The fourth-order valence-electron chi connectivity index (χ4n) is 1.71. The van der Waals surface area contributed by atoms with Crippen molar-refractivity contribution < 1.29 is 13.9 Å². The van der Waals surface area contributed by atoms with Crippen molar-refractivity contribution in [3.8, 4) is 5.75 Å². The van der Waals surface area contributed by atoms with Gasteiger partial charge in [-0.1, -0.05) is 13.8 Å². The number of carbonyl (C=O) groups is 1. The molecule has 1 unspecified atom stereocenters. The molecule has 0 aromatic heterocycles. The van der Waals surface area contributed by atoms with Crippen LogP contribution in [0.5, 0.6) is 5.75 Å². The van der Waals surface area contributed by atoms with E-state index in [-0.39, 0.29) is 17.7 Å². The zero-order valence-corrected chi connectivity index (χ0v) is 13.1. The maximum atomic E-state index is 13.4. The first-order valence-electron chi connectivity index (χ1n) is 7.11. The summed E-state index contributed by atoms with van der Waals surface area (Å²) in [5.41, 5.74) is 0.789. The van der Waals surface area contributed by atoms with Gasteiger partial charge in [-0.25, -0.2) is 4.39 Å². The number of benzene rings is 1. The smallest absolute Gasteiger partial charge is 0.130 e. The average molecular weight is 283 g/mol. The van der Waals surface area contributed by atoms with Crippen LogP contribution in [-0.2, 0) is 11.2 Å². The summed E-state index contributed by atoms with van der Waals surface area (Å²) in [5, 5.41) is 2.99. The van der Waals surface area contributed by atoms with Gasteiger partial charge in [-0.2, -0.15) is 0 Å². The van der Waals surface area contributed by atoms with Gasteiger partial charge in [0.25, 0.3) is 0 Å². The molecule has 0 fully saturated rings. The van der Waals surface area contributed by atoms with E-state index in [4.69, 9.17) is 4.74 Å². The lowest BCUT2D eigenvalue weighted by Crippen LogP contribution is -2.26. The van der Waals surface area contributed by atoms with Crippen molar-refractivity contribution in [1.29, 1.82) is 0 Å². The molecule has 0 heterocycles. The number of likely N-dealkylation sites (N-methyl/N-ethyl adjacent to an activating group) is 1. The van der Waals surface area contributed by atoms with E-state index in [2.05, 4.69) is 5.32 Å². The van der Waals surface area contributed by atoms with Crippen molar-refractivity contribution in [3.63, 3.8) is 0 Å². The summed E-state index contributed by atoms with van der Waals surface area (Å²) in [5.74, 6) is 0.282. The maximum Gasteiger partial charge on any atom is 0.130 e. The van der Waals surface area contributed by atoms with E-state index in [1.165, 1.54) is 19.1 Å². The number of ether oxygens (including phenoxy) is 1. The molecule has 0 saturated carbocycles. The summed E-state index contributed by atoms with van der Waals surface area (Å²) >= 11 is 0. The molecular formula is C16H26FNO2. The van der Waals surface area contributed by atoms with Crippen molar-refractivity contribution in [3.05, 3.63) is 29.6 Å². The third-order valence-electron chi connectivity index (χ3n) is 2.53. The van der Waals surface area contributed by atoms with Gasteiger partial charge in [-0.3, -0.25) is 0 Å². The van der Waals surface area contributed by atoms with E-state index in [0.717, 1.165) is 5.56 Å². The van der Waals surface area contributed by atoms with Gasteiger partial charge in [0.15, 0.2) is 0 Å². The first kappa shape index (κ1) is 18.6. The molecule has 114 valence electrons. The Morgan fingerprint density at radius 2 is 2.00 bits per heavy atom. The van der Waals surface area contributed by atoms with E-state index in [1.54, 1.807) is 6.07 Å². The Morgan fingerprint density at radius 3 is 2.55 bits per heavy atom. The van der Waals surface area contributed by atoms with E-state index in [9.17, 15) is 9.18 Å². The summed E-state index contributed by atoms with van der Waals surface area (Å²) in [4.78, 5) is 10.9. The topological polar surface area (TPSA) is 38.3 Å². The third kappa shape index (κ3) is 7.89. The minimum atomic E-state index is -0.331. The average Bonchev–Trinajstić information content (AvgIpc) is 2.38. The largest absolute Gasteiger partial charge is 0.489 e. The number of Topliss-reactive ketones (excluding diaryl/α,β-unsaturated/α-hetero) is 1. The van der Waals surface area contributed by atoms with Gasteiger partial charge in [0.05, 0.1) is 0 Å². The maximum absolute atomic E-state index is 13.4. The number of halogens is 1. The van der Waals surface area contributed by atoms with Crippen LogP contribution in [-0.4, -0.2) is 25.5 Å². The molecule has 1 aromatic rings. The number of rotatable bonds is 7. The zero-order chi connectivity index (χ0) is 15.5. The Hall–Kier alpha value is -1.42. The predicted molar refractivity (Wildman–Crippen MR) is 80.8 cm³/mol. The molecule has 1 N–H and O–H groups in total. The van der Waals surface area contributed by atoms with Crippen molar-refractivity contribution >= 4 is 5.78 Å². The minimum Gasteiger partial charge on any atom is -0.489 e. The molecule has 0 amide bonds. The summed E-state index contributed by atoms with van der Waals surface area (Å²) in [6.45, 7) is 8.14. The first-order valence-corrected chi connectivity index (χ1v) is 7.11. The zero-order valence-electron chi connectivity index (χ0n) is 13.1. The highest BCUT2D eigenvalue weighted by atomic mass is 19.1. The quantitative estimate of drug-likeness (QED) is 0.834. The van der Waals surface area contributed by atoms with Crippen molar-refractivity contribution in [2.24, 2.45) is 0 Å². The fraction of sp³-hybridized carbons (Fsp3) is 0.562. The van der Waals surface area contributed by atoms with Crippen LogP contribution < -0.4 is 10.1 Å². The minimum absolute atomic E-state index is 0.0301. The molecule has 0 spiro atoms. The number of carbonyl (C=O) groups excluding carboxylic acids is 1. The molecule has 4 heteroatoms. The van der Waals surface area contributed by atoms with E-state index in [0.29, 0.717) is 25.1 Å². The molecule has 0 radical (unpaired) electrons. The Labute approximate surface area is 121 Å². The van der Waals surface area contributed by atoms with Crippen LogP contribution in [0.1, 0.15) is 39.7 Å². The molecule has 0 aliphatic carbocycles. The molecular weight excluding hydrogens is 257 g/mol. The van der Waals surface area contributed by atoms with Gasteiger partial charge in [0.1, 0.15) is 23.5 Å². The Kier molecular flexibility index (Phi) is 9.64. The SMILES string of the molecule is CC.CNCC(C)Oc1cc(F)cc(CCC(C)=O)c1. The summed E-state index contributed by atoms with van der Waals surface area (Å²) in [6.07, 6.45) is 0.941. The van der Waals surface area contributed by atoms with Crippen LogP contribution >= 0.6 is 0 Å². The number of nitrogens with one attached hydrogen (secondary N) is 1. The summed E-state index contributed by atoms with van der Waals surface area (Å²) in [6, 6.07) is 4.60. The second kappa shape index (κ2) is 10.4. The van der Waals surface area contributed by atoms with Crippen molar-refractivity contribution in [2.75, 3.05) is 13.6 Å². The number of hydrogen-bond donors (Lipinski definition) is 1. The highest BCUT2D eigenvalue weighted by molar-refractivity contribution is 5.75. The highest BCUT2D eigenvalue weighted by Crippen LogP contribution is 2.19. The second-order valence-corrected chi connectivity index (χ2v) is 4.48. The molecule has 0 saturated heterocycles. The van der Waals surface area contributed by atoms with Crippen LogP contribution in [0.3, 0.4) is 0 Å². The molecule has 1 atom stereocenters. The number of hydrogen-bond acceptors (Lipinski definition) is 3. The standard InChI is InChI=1S/C14H20FNO2.C2H6/c1-10(17)4-5-12-6-13(15)8-14(7-12)18-11(2)9-16-3;1-2/h6-8,11,16H,4-5,9H2,1-3H3;1-2H3. The van der Waals surface area contributed by atoms with Gasteiger partial charge in [0.2, 0.25) is 0 Å². The van der Waals surface area contributed by atoms with E-state index < -0.39 is 0 Å². The van der Waals surface area contributed by atoms with Gasteiger partial charge >= 0.3 is 0 Å². The van der Waals surface area contributed by atoms with E-state index in [1.807, 2.05) is 27.8 Å². The molecule has 3 nitrogen and oxygen atoms in total. The molecule has 0 aliphatic rings. The van der Waals surface area contributed by atoms with Crippen LogP contribution in [0.2, 0.25) is 0 Å². The summed E-state index contributed by atoms with van der Waals surface area (Å²) < 4.78 is 19.0. The Bertz CT molecular complexity index is 407. The Morgan fingerprint density at radius 1 is 1.35 bits per heavy atom. The summed E-state index contributed by atoms with van der Waals surface area (Å²) in [7, 11) is 1.84. The van der Waals surface area contributed by atoms with Crippen LogP contribution in [0.25, 0.3) is 0 Å². The van der Waals surface area contributed by atoms with Crippen LogP contribution in [0.15, 0.2) is 18.2 Å². The molecule has 1 aromatic carbocycles. The number of ketones is 1. The lowest BCUT2D eigenvalue weighted by atomic mass is 10.1. The van der Waals surface area contributed by atoms with Crippen molar-refractivity contribution in [1.82, 2.24) is 5.32 Å². The van der Waals surface area contributed by atoms with Crippen LogP contribution in [0, 0.1) is 5.82 Å². The normalized spacial score (nSPS) is 11.3. The van der Waals surface area contributed by atoms with E-state index >= 15 is 0 Å². The van der Waals surface area contributed by atoms with Gasteiger partial charge in [0, 0.05) is 19.0 Å². The molecule has 1 rings (SSSR count).